The summed E-state index contributed by atoms with van der Waals surface area (Å²) in [7, 11) is 0. The maximum atomic E-state index is 13.1. The molecule has 1 aromatic carbocycles. The number of hydrogen-bond acceptors (Lipinski definition) is 2. The molecular formula is C13H10F4O2. The van der Waals surface area contributed by atoms with Crippen LogP contribution in [0.2, 0.25) is 0 Å². The molecule has 1 heterocycles. The number of carbonyl (C=O) groups excluding carboxylic acids is 1. The maximum Gasteiger partial charge on any atom is 0.417 e. The Balaban J connectivity index is 2.45. The Morgan fingerprint density at radius 2 is 2.00 bits per heavy atom. The number of rotatable bonds is 2. The quantitative estimate of drug-likeness (QED) is 0.607. The molecular weight excluding hydrogens is 264 g/mol. The third kappa shape index (κ3) is 2.94. The molecule has 1 aromatic rings. The van der Waals surface area contributed by atoms with Crippen LogP contribution in [0.1, 0.15) is 28.8 Å². The minimum absolute atomic E-state index is 0.151. The van der Waals surface area contributed by atoms with Gasteiger partial charge in [-0.15, -0.1) is 0 Å². The van der Waals surface area contributed by atoms with Crippen LogP contribution in [-0.2, 0) is 10.9 Å². The van der Waals surface area contributed by atoms with Gasteiger partial charge in [0, 0.05) is 5.56 Å². The molecule has 0 spiro atoms. The van der Waals surface area contributed by atoms with Gasteiger partial charge in [0.15, 0.2) is 5.76 Å². The van der Waals surface area contributed by atoms with Crippen molar-refractivity contribution in [1.29, 1.82) is 0 Å². The Hall–Kier alpha value is -1.85. The number of Topliss-reactive ketones (excluding diaryl/α,β-unsaturated/α-hetero) is 1. The Morgan fingerprint density at radius 3 is 2.58 bits per heavy atom. The highest BCUT2D eigenvalue weighted by atomic mass is 19.4. The Labute approximate surface area is 106 Å². The first kappa shape index (κ1) is 13.6. The van der Waals surface area contributed by atoms with Gasteiger partial charge in [0.2, 0.25) is 5.78 Å². The van der Waals surface area contributed by atoms with Crippen molar-refractivity contribution >= 4 is 5.78 Å². The van der Waals surface area contributed by atoms with Gasteiger partial charge in [-0.3, -0.25) is 4.79 Å². The Kier molecular flexibility index (Phi) is 3.59. The van der Waals surface area contributed by atoms with Gasteiger partial charge < -0.3 is 4.74 Å². The first-order chi connectivity index (χ1) is 8.89. The van der Waals surface area contributed by atoms with Crippen LogP contribution in [0.5, 0.6) is 0 Å². The minimum atomic E-state index is -4.71. The summed E-state index contributed by atoms with van der Waals surface area (Å²) >= 11 is 0. The summed E-state index contributed by atoms with van der Waals surface area (Å²) in [6.07, 6.45) is -2.03. The summed E-state index contributed by atoms with van der Waals surface area (Å²) in [6.45, 7) is 0.272. The number of ether oxygens (including phenoxy) is 1. The largest absolute Gasteiger partial charge is 0.490 e. The summed E-state index contributed by atoms with van der Waals surface area (Å²) in [5.74, 6) is -1.98. The van der Waals surface area contributed by atoms with Crippen molar-refractivity contribution in [2.24, 2.45) is 0 Å². The lowest BCUT2D eigenvalue weighted by Gasteiger charge is -2.16. The number of alkyl halides is 3. The molecule has 0 saturated heterocycles. The zero-order valence-electron chi connectivity index (χ0n) is 9.76. The molecule has 0 unspecified atom stereocenters. The van der Waals surface area contributed by atoms with Crippen molar-refractivity contribution in [3.8, 4) is 0 Å². The normalized spacial score (nSPS) is 15.7. The average Bonchev–Trinajstić information content (AvgIpc) is 2.37. The van der Waals surface area contributed by atoms with Crippen LogP contribution in [0.3, 0.4) is 0 Å². The summed E-state index contributed by atoms with van der Waals surface area (Å²) in [5.41, 5.74) is -1.88. The van der Waals surface area contributed by atoms with Crippen LogP contribution in [0.15, 0.2) is 30.0 Å². The molecule has 2 rings (SSSR count). The minimum Gasteiger partial charge on any atom is -0.490 e. The molecule has 0 amide bonds. The lowest BCUT2D eigenvalue weighted by atomic mass is 10.0. The molecule has 0 fully saturated rings. The van der Waals surface area contributed by atoms with Crippen molar-refractivity contribution < 1.29 is 27.1 Å². The summed E-state index contributed by atoms with van der Waals surface area (Å²) in [4.78, 5) is 12.0. The number of hydrogen-bond donors (Lipinski definition) is 0. The van der Waals surface area contributed by atoms with Gasteiger partial charge in [-0.2, -0.15) is 13.2 Å². The van der Waals surface area contributed by atoms with Crippen LogP contribution >= 0.6 is 0 Å². The summed E-state index contributed by atoms with van der Waals surface area (Å²) < 4.78 is 56.4. The van der Waals surface area contributed by atoms with Gasteiger partial charge in [-0.25, -0.2) is 4.39 Å². The van der Waals surface area contributed by atoms with E-state index < -0.39 is 28.9 Å². The molecule has 0 saturated carbocycles. The van der Waals surface area contributed by atoms with Crippen LogP contribution in [0, 0.1) is 5.82 Å². The Bertz CT molecular complexity index is 532. The molecule has 0 aromatic heterocycles. The van der Waals surface area contributed by atoms with E-state index in [1.807, 2.05) is 0 Å². The van der Waals surface area contributed by atoms with Crippen LogP contribution in [0.25, 0.3) is 0 Å². The SMILES string of the molecule is O=C(C1=CCCCO1)c1cc(F)ccc1C(F)(F)F. The van der Waals surface area contributed by atoms with Gasteiger partial charge in [0.1, 0.15) is 5.82 Å². The van der Waals surface area contributed by atoms with E-state index in [9.17, 15) is 22.4 Å². The van der Waals surface area contributed by atoms with Crippen molar-refractivity contribution in [3.63, 3.8) is 0 Å². The van der Waals surface area contributed by atoms with Gasteiger partial charge in [-0.05, 0) is 37.1 Å². The lowest BCUT2D eigenvalue weighted by molar-refractivity contribution is -0.137. The van der Waals surface area contributed by atoms with Gasteiger partial charge >= 0.3 is 6.18 Å². The molecule has 2 nitrogen and oxygen atoms in total. The van der Waals surface area contributed by atoms with E-state index in [2.05, 4.69) is 0 Å². The molecule has 0 radical (unpaired) electrons. The summed E-state index contributed by atoms with van der Waals surface area (Å²) in [5, 5.41) is 0. The van der Waals surface area contributed by atoms with Crippen LogP contribution in [0.4, 0.5) is 17.6 Å². The van der Waals surface area contributed by atoms with E-state index in [0.717, 1.165) is 0 Å². The topological polar surface area (TPSA) is 26.3 Å². The average molecular weight is 274 g/mol. The third-order valence-electron chi connectivity index (χ3n) is 2.69. The zero-order chi connectivity index (χ0) is 14.0. The summed E-state index contributed by atoms with van der Waals surface area (Å²) in [6, 6.07) is 1.83. The van der Waals surface area contributed by atoms with E-state index in [4.69, 9.17) is 4.74 Å². The molecule has 0 atom stereocenters. The molecule has 102 valence electrons. The first-order valence-electron chi connectivity index (χ1n) is 5.64. The second-order valence-corrected chi connectivity index (χ2v) is 4.08. The zero-order valence-corrected chi connectivity index (χ0v) is 9.76. The smallest absolute Gasteiger partial charge is 0.417 e. The molecule has 1 aliphatic heterocycles. The molecule has 0 bridgehead atoms. The van der Waals surface area contributed by atoms with Crippen LogP contribution < -0.4 is 0 Å². The van der Waals surface area contributed by atoms with Crippen molar-refractivity contribution in [1.82, 2.24) is 0 Å². The number of carbonyl (C=O) groups is 1. The van der Waals surface area contributed by atoms with E-state index in [1.165, 1.54) is 6.08 Å². The fraction of sp³-hybridized carbons (Fsp3) is 0.308. The number of allylic oxidation sites excluding steroid dienone is 2. The fourth-order valence-corrected chi connectivity index (χ4v) is 1.80. The van der Waals surface area contributed by atoms with Gasteiger partial charge in [-0.1, -0.05) is 0 Å². The predicted octanol–water partition coefficient (Wildman–Crippen LogP) is 3.72. The van der Waals surface area contributed by atoms with Crippen molar-refractivity contribution in [2.45, 2.75) is 19.0 Å². The number of ketones is 1. The van der Waals surface area contributed by atoms with E-state index in [0.29, 0.717) is 31.0 Å². The number of benzene rings is 1. The van der Waals surface area contributed by atoms with Crippen molar-refractivity contribution in [3.05, 3.63) is 47.0 Å². The van der Waals surface area contributed by atoms with Gasteiger partial charge in [0.05, 0.1) is 12.2 Å². The highest BCUT2D eigenvalue weighted by Crippen LogP contribution is 2.33. The molecule has 1 aliphatic rings. The maximum absolute atomic E-state index is 13.1. The molecule has 0 N–H and O–H groups in total. The second kappa shape index (κ2) is 5.03. The second-order valence-electron chi connectivity index (χ2n) is 4.08. The fourth-order valence-electron chi connectivity index (χ4n) is 1.80. The van der Waals surface area contributed by atoms with E-state index in [-0.39, 0.29) is 12.4 Å². The first-order valence-corrected chi connectivity index (χ1v) is 5.64. The standard InChI is InChI=1S/C13H10F4O2/c14-8-4-5-10(13(15,16)17)9(7-8)12(18)11-3-1-2-6-19-11/h3-5,7H,1-2,6H2. The number of halogens is 4. The molecule has 0 aliphatic carbocycles. The molecule has 6 heteroatoms. The van der Waals surface area contributed by atoms with Gasteiger partial charge in [0.25, 0.3) is 0 Å². The Morgan fingerprint density at radius 1 is 1.26 bits per heavy atom. The van der Waals surface area contributed by atoms with Crippen LogP contribution in [-0.4, -0.2) is 12.4 Å². The lowest BCUT2D eigenvalue weighted by Crippen LogP contribution is -2.17. The highest BCUT2D eigenvalue weighted by Gasteiger charge is 2.36. The predicted molar refractivity (Wildman–Crippen MR) is 59.0 cm³/mol. The highest BCUT2D eigenvalue weighted by molar-refractivity contribution is 6.08. The monoisotopic (exact) mass is 274 g/mol. The third-order valence-corrected chi connectivity index (χ3v) is 2.69. The van der Waals surface area contributed by atoms with Crippen molar-refractivity contribution in [2.75, 3.05) is 6.61 Å². The van der Waals surface area contributed by atoms with E-state index >= 15 is 0 Å². The molecule has 19 heavy (non-hydrogen) atoms. The van der Waals surface area contributed by atoms with E-state index in [1.54, 1.807) is 0 Å².